The summed E-state index contributed by atoms with van der Waals surface area (Å²) in [6.07, 6.45) is 1.57. The van der Waals surface area contributed by atoms with Crippen LogP contribution in [0.5, 0.6) is 11.5 Å². The van der Waals surface area contributed by atoms with Crippen LogP contribution in [0.4, 0.5) is 5.69 Å². The lowest BCUT2D eigenvalue weighted by atomic mass is 10.2. The zero-order chi connectivity index (χ0) is 14.5. The predicted octanol–water partition coefficient (Wildman–Crippen LogP) is 3.11. The number of ether oxygens (including phenoxy) is 2. The van der Waals surface area contributed by atoms with Crippen LogP contribution in [0, 0.1) is 0 Å². The monoisotopic (exact) mass is 336 g/mol. The number of nitrogens with zero attached hydrogens (tertiary/aromatic N) is 1. The Balaban J connectivity index is 2.21. The van der Waals surface area contributed by atoms with Crippen LogP contribution in [0.15, 0.2) is 41.0 Å². The van der Waals surface area contributed by atoms with Crippen molar-refractivity contribution >= 4 is 27.5 Å². The predicted molar refractivity (Wildman–Crippen MR) is 79.4 cm³/mol. The van der Waals surface area contributed by atoms with Gasteiger partial charge in [-0.2, -0.15) is 0 Å². The zero-order valence-corrected chi connectivity index (χ0v) is 12.6. The number of hydrogen-bond donors (Lipinski definition) is 1. The Morgan fingerprint density at radius 1 is 1.20 bits per heavy atom. The average Bonchev–Trinajstić information content (AvgIpc) is 2.48. The van der Waals surface area contributed by atoms with E-state index in [1.807, 2.05) is 0 Å². The van der Waals surface area contributed by atoms with Crippen molar-refractivity contribution in [3.05, 3.63) is 46.7 Å². The third-order valence-electron chi connectivity index (χ3n) is 2.62. The first-order valence-corrected chi connectivity index (χ1v) is 6.58. The van der Waals surface area contributed by atoms with Gasteiger partial charge in [0.2, 0.25) is 0 Å². The SMILES string of the molecule is COc1ccc(NC(=O)c2ccc(Br)cn2)c(OC)c1. The number of hydrogen-bond acceptors (Lipinski definition) is 4. The molecule has 1 heterocycles. The molecule has 0 radical (unpaired) electrons. The number of anilines is 1. The fourth-order valence-corrected chi connectivity index (χ4v) is 1.83. The van der Waals surface area contributed by atoms with Crippen molar-refractivity contribution in [2.24, 2.45) is 0 Å². The van der Waals surface area contributed by atoms with Gasteiger partial charge in [0.25, 0.3) is 5.91 Å². The minimum absolute atomic E-state index is 0.305. The average molecular weight is 337 g/mol. The number of methoxy groups -OCH3 is 2. The van der Waals surface area contributed by atoms with E-state index in [9.17, 15) is 4.79 Å². The summed E-state index contributed by atoms with van der Waals surface area (Å²) in [6, 6.07) is 8.55. The van der Waals surface area contributed by atoms with Crippen LogP contribution in [-0.2, 0) is 0 Å². The molecule has 2 rings (SSSR count). The molecule has 0 atom stereocenters. The Hall–Kier alpha value is -2.08. The summed E-state index contributed by atoms with van der Waals surface area (Å²) in [7, 11) is 3.10. The number of nitrogens with one attached hydrogen (secondary N) is 1. The van der Waals surface area contributed by atoms with Crippen molar-refractivity contribution < 1.29 is 14.3 Å². The fourth-order valence-electron chi connectivity index (χ4n) is 1.60. The normalized spacial score (nSPS) is 9.95. The highest BCUT2D eigenvalue weighted by Gasteiger charge is 2.11. The topological polar surface area (TPSA) is 60.5 Å². The van der Waals surface area contributed by atoms with Gasteiger partial charge in [-0.3, -0.25) is 4.79 Å². The van der Waals surface area contributed by atoms with Gasteiger partial charge in [0.15, 0.2) is 0 Å². The number of aromatic nitrogens is 1. The second-order valence-electron chi connectivity index (χ2n) is 3.88. The van der Waals surface area contributed by atoms with Crippen molar-refractivity contribution in [3.8, 4) is 11.5 Å². The van der Waals surface area contributed by atoms with Gasteiger partial charge in [0, 0.05) is 16.7 Å². The van der Waals surface area contributed by atoms with Crippen LogP contribution in [0.25, 0.3) is 0 Å². The molecular weight excluding hydrogens is 324 g/mol. The van der Waals surface area contributed by atoms with Crippen molar-refractivity contribution in [2.75, 3.05) is 19.5 Å². The molecule has 2 aromatic rings. The maximum Gasteiger partial charge on any atom is 0.274 e. The summed E-state index contributed by atoms with van der Waals surface area (Å²) in [5, 5.41) is 2.75. The van der Waals surface area contributed by atoms with Gasteiger partial charge in [-0.15, -0.1) is 0 Å². The molecule has 0 saturated heterocycles. The number of benzene rings is 1. The van der Waals surface area contributed by atoms with Gasteiger partial charge in [0.1, 0.15) is 17.2 Å². The smallest absolute Gasteiger partial charge is 0.274 e. The standard InChI is InChI=1S/C14H13BrN2O3/c1-19-10-4-6-11(13(7-10)20-2)17-14(18)12-5-3-9(15)8-16-12/h3-8H,1-2H3,(H,17,18). The lowest BCUT2D eigenvalue weighted by Gasteiger charge is -2.11. The largest absolute Gasteiger partial charge is 0.497 e. The second kappa shape index (κ2) is 6.38. The van der Waals surface area contributed by atoms with Crippen molar-refractivity contribution in [2.45, 2.75) is 0 Å². The van der Waals surface area contributed by atoms with Crippen LogP contribution in [0.2, 0.25) is 0 Å². The third-order valence-corrected chi connectivity index (χ3v) is 3.09. The highest BCUT2D eigenvalue weighted by molar-refractivity contribution is 9.10. The minimum atomic E-state index is -0.305. The first kappa shape index (κ1) is 14.3. The molecule has 6 heteroatoms. The summed E-state index contributed by atoms with van der Waals surface area (Å²) >= 11 is 3.27. The van der Waals surface area contributed by atoms with Crippen LogP contribution >= 0.6 is 15.9 Å². The van der Waals surface area contributed by atoms with E-state index >= 15 is 0 Å². The molecule has 0 unspecified atom stereocenters. The quantitative estimate of drug-likeness (QED) is 0.931. The van der Waals surface area contributed by atoms with Crippen LogP contribution in [-0.4, -0.2) is 25.1 Å². The van der Waals surface area contributed by atoms with Crippen LogP contribution in [0.1, 0.15) is 10.5 Å². The number of pyridine rings is 1. The van der Waals surface area contributed by atoms with E-state index in [1.165, 1.54) is 7.11 Å². The van der Waals surface area contributed by atoms with E-state index in [0.717, 1.165) is 4.47 Å². The molecule has 0 aliphatic carbocycles. The number of amides is 1. The maximum atomic E-state index is 12.1. The Bertz CT molecular complexity index is 614. The molecule has 0 saturated carbocycles. The van der Waals surface area contributed by atoms with Crippen LogP contribution < -0.4 is 14.8 Å². The zero-order valence-electron chi connectivity index (χ0n) is 11.0. The van der Waals surface area contributed by atoms with Crippen LogP contribution in [0.3, 0.4) is 0 Å². The van der Waals surface area contributed by atoms with E-state index < -0.39 is 0 Å². The van der Waals surface area contributed by atoms with E-state index in [1.54, 1.807) is 43.6 Å². The molecule has 20 heavy (non-hydrogen) atoms. The third kappa shape index (κ3) is 3.27. The molecule has 1 N–H and O–H groups in total. The molecule has 104 valence electrons. The Labute approximate surface area is 125 Å². The molecule has 5 nitrogen and oxygen atoms in total. The van der Waals surface area contributed by atoms with E-state index in [-0.39, 0.29) is 5.91 Å². The number of halogens is 1. The molecule has 0 aliphatic heterocycles. The first-order valence-electron chi connectivity index (χ1n) is 5.79. The van der Waals surface area contributed by atoms with Gasteiger partial charge in [-0.1, -0.05) is 0 Å². The molecule has 1 aromatic heterocycles. The van der Waals surface area contributed by atoms with Gasteiger partial charge in [-0.25, -0.2) is 4.98 Å². The summed E-state index contributed by atoms with van der Waals surface area (Å²) < 4.78 is 11.1. The molecular formula is C14H13BrN2O3. The molecule has 0 spiro atoms. The van der Waals surface area contributed by atoms with Gasteiger partial charge in [0.05, 0.1) is 19.9 Å². The Kier molecular flexibility index (Phi) is 4.57. The first-order chi connectivity index (χ1) is 9.63. The van der Waals surface area contributed by atoms with Gasteiger partial charge < -0.3 is 14.8 Å². The summed E-state index contributed by atoms with van der Waals surface area (Å²) in [5.74, 6) is 0.873. The lowest BCUT2D eigenvalue weighted by molar-refractivity contribution is 0.102. The maximum absolute atomic E-state index is 12.1. The molecule has 0 aliphatic rings. The summed E-state index contributed by atoms with van der Waals surface area (Å²) in [6.45, 7) is 0. The minimum Gasteiger partial charge on any atom is -0.497 e. The van der Waals surface area contributed by atoms with E-state index in [2.05, 4.69) is 26.2 Å². The van der Waals surface area contributed by atoms with E-state index in [4.69, 9.17) is 9.47 Å². The Morgan fingerprint density at radius 2 is 2.00 bits per heavy atom. The fraction of sp³-hybridized carbons (Fsp3) is 0.143. The highest BCUT2D eigenvalue weighted by Crippen LogP contribution is 2.29. The van der Waals surface area contributed by atoms with Gasteiger partial charge >= 0.3 is 0 Å². The number of carbonyl (C=O) groups excluding carboxylic acids is 1. The molecule has 0 bridgehead atoms. The van der Waals surface area contributed by atoms with Crippen molar-refractivity contribution in [3.63, 3.8) is 0 Å². The molecule has 0 fully saturated rings. The second-order valence-corrected chi connectivity index (χ2v) is 4.80. The molecule has 1 amide bonds. The Morgan fingerprint density at radius 3 is 2.60 bits per heavy atom. The number of carbonyl (C=O) groups is 1. The summed E-state index contributed by atoms with van der Waals surface area (Å²) in [5.41, 5.74) is 0.883. The van der Waals surface area contributed by atoms with Crippen molar-refractivity contribution in [1.82, 2.24) is 4.98 Å². The summed E-state index contributed by atoms with van der Waals surface area (Å²) in [4.78, 5) is 16.1. The van der Waals surface area contributed by atoms with E-state index in [0.29, 0.717) is 22.9 Å². The highest BCUT2D eigenvalue weighted by atomic mass is 79.9. The van der Waals surface area contributed by atoms with Crippen molar-refractivity contribution in [1.29, 1.82) is 0 Å². The van der Waals surface area contributed by atoms with Gasteiger partial charge in [-0.05, 0) is 40.2 Å². The molecule has 1 aromatic carbocycles. The number of rotatable bonds is 4. The lowest BCUT2D eigenvalue weighted by Crippen LogP contribution is -2.14.